The van der Waals surface area contributed by atoms with Crippen molar-refractivity contribution in [2.24, 2.45) is 0 Å². The van der Waals surface area contributed by atoms with Crippen LogP contribution >= 0.6 is 65.8 Å². The van der Waals surface area contributed by atoms with Gasteiger partial charge in [-0.3, -0.25) is 0 Å². The Morgan fingerprint density at radius 1 is 0.606 bits per heavy atom. The molecule has 27 heteroatoms. The summed E-state index contributed by atoms with van der Waals surface area (Å²) in [6.07, 6.45) is 4.65. The van der Waals surface area contributed by atoms with Gasteiger partial charge in [0.05, 0.1) is 0 Å². The number of rotatable bonds is 11. The SMILES string of the molecule is Br.Br.C/C(F)=C(/C)F.CC.CC(F)=C(F)F.CC=O.CCBr.CCCC=O.CCCCBr.CCCCO.CCCCOC.CCO.CCOC.CO.CO.FC(F)=C(F)F.[B].[B].[CH2-]CCC.[CH3-].[H-].[H-].[Li+].[Na+].[Na+].[Y]. The largest absolute Gasteiger partial charge is 1.00 e. The first-order valence-corrected chi connectivity index (χ1v) is 22.3. The average molecular weight is 1410 g/mol. The van der Waals surface area contributed by atoms with Gasteiger partial charge in [-0.05, 0) is 67.2 Å². The molecule has 7 radical (unpaired) electrons. The fraction of sp³-hybridized carbons (Fsp3) is 0.773. The Hall–Kier alpha value is 3.44. The van der Waals surface area contributed by atoms with E-state index in [9.17, 15) is 44.3 Å². The summed E-state index contributed by atoms with van der Waals surface area (Å²) in [6.45, 7) is 30.4. The third-order valence-electron chi connectivity index (χ3n) is 3.63. The van der Waals surface area contributed by atoms with Crippen molar-refractivity contribution < 1.29 is 193 Å². The number of aliphatic hydroxyl groups excluding tert-OH is 4. The summed E-state index contributed by atoms with van der Waals surface area (Å²) >= 11 is 6.46. The Morgan fingerprint density at radius 2 is 0.831 bits per heavy atom. The van der Waals surface area contributed by atoms with Crippen molar-refractivity contribution in [1.82, 2.24) is 0 Å². The molecule has 0 aromatic carbocycles. The summed E-state index contributed by atoms with van der Waals surface area (Å²) in [7, 11) is 5.41. The predicted octanol–water partition coefficient (Wildman–Crippen LogP) is 7.83. The van der Waals surface area contributed by atoms with Crippen LogP contribution in [0.5, 0.6) is 0 Å². The van der Waals surface area contributed by atoms with E-state index in [1.165, 1.54) is 39.0 Å². The molecule has 0 unspecified atom stereocenters. The number of carbonyl (C=O) groups is 2. The molecule has 4 N–H and O–H groups in total. The molecule has 0 saturated carbocycles. The number of aldehydes is 2. The smallest absolute Gasteiger partial charge is 1.00 e. The van der Waals surface area contributed by atoms with E-state index in [-0.39, 0.29) is 178 Å². The molecule has 8 nitrogen and oxygen atoms in total. The molecular weight excluding hydrogens is 1310 g/mol. The van der Waals surface area contributed by atoms with Crippen LogP contribution in [0.3, 0.4) is 0 Å². The Kier molecular flexibility index (Phi) is 499. The van der Waals surface area contributed by atoms with Gasteiger partial charge in [0.25, 0.3) is 0 Å². The number of allylic oxidation sites excluding steroid dienone is 3. The van der Waals surface area contributed by atoms with Crippen molar-refractivity contribution in [2.45, 2.75) is 161 Å². The van der Waals surface area contributed by atoms with Crippen molar-refractivity contribution in [1.29, 1.82) is 0 Å². The molecule has 0 spiro atoms. The zero-order valence-corrected chi connectivity index (χ0v) is 61.7. The second-order valence-corrected chi connectivity index (χ2v) is 11.0. The minimum Gasteiger partial charge on any atom is -1.00 e. The number of unbranched alkanes of at least 4 members (excludes halogenated alkanes) is 5. The molecule has 0 amide bonds. The van der Waals surface area contributed by atoms with Crippen LogP contribution in [-0.4, -0.2) is 115 Å². The number of halogens is 13. The number of carbonyl (C=O) groups excluding carboxylic acids is 2. The molecule has 0 bridgehead atoms. The third-order valence-corrected chi connectivity index (χ3v) is 4.19. The van der Waals surface area contributed by atoms with Crippen molar-refractivity contribution >= 4 is 95.2 Å². The quantitative estimate of drug-likeness (QED) is 0.0412. The van der Waals surface area contributed by atoms with E-state index in [1.54, 1.807) is 21.1 Å². The summed E-state index contributed by atoms with van der Waals surface area (Å²) in [5.41, 5.74) is 0. The van der Waals surface area contributed by atoms with Gasteiger partial charge < -0.3 is 56.7 Å². The Morgan fingerprint density at radius 3 is 0.845 bits per heavy atom. The van der Waals surface area contributed by atoms with Gasteiger partial charge in [-0.1, -0.05) is 113 Å². The van der Waals surface area contributed by atoms with E-state index in [0.29, 0.717) is 20.0 Å². The van der Waals surface area contributed by atoms with Gasteiger partial charge in [0.15, 0.2) is 5.83 Å². The molecular formula is C44H101B2Br4F9LiNa2O8Y-. The van der Waals surface area contributed by atoms with E-state index in [0.717, 1.165) is 90.2 Å². The minimum absolute atomic E-state index is 0. The van der Waals surface area contributed by atoms with E-state index >= 15 is 0 Å². The monoisotopic (exact) mass is 1410 g/mol. The molecule has 0 rings (SSSR count). The molecule has 429 valence electrons. The van der Waals surface area contributed by atoms with Gasteiger partial charge in [0.2, 0.25) is 0 Å². The maximum absolute atomic E-state index is 11.3. The maximum Gasteiger partial charge on any atom is 1.00 e. The van der Waals surface area contributed by atoms with Gasteiger partial charge in [-0.15, -0.1) is 34.0 Å². The summed E-state index contributed by atoms with van der Waals surface area (Å²) in [4.78, 5) is 18.2. The molecule has 0 heterocycles. The van der Waals surface area contributed by atoms with Crippen molar-refractivity contribution in [3.05, 3.63) is 50.1 Å². The molecule has 71 heavy (non-hydrogen) atoms. The fourth-order valence-corrected chi connectivity index (χ4v) is 1.26. The first-order chi connectivity index (χ1) is 29.2. The summed E-state index contributed by atoms with van der Waals surface area (Å²) < 4.78 is 105. The van der Waals surface area contributed by atoms with Crippen molar-refractivity contribution in [3.8, 4) is 0 Å². The molecule has 0 aliphatic rings. The van der Waals surface area contributed by atoms with Gasteiger partial charge in [-0.25, -0.2) is 13.2 Å². The predicted molar refractivity (Wildman–Crippen MR) is 297 cm³/mol. The van der Waals surface area contributed by atoms with Crippen LogP contribution in [0.4, 0.5) is 39.5 Å². The van der Waals surface area contributed by atoms with Gasteiger partial charge in [0.1, 0.15) is 24.2 Å². The standard InChI is InChI=1S/C5H12O.C4H9Br.C4H6F2.C4H10O.C4H8O.C4H9.C3H3F3.C3H8O.C2H5Br.C2F4.C2H6O.C2H4O.C2H6.2CH4O.CH3.2B.2BrH.Li.2Na.Y.2H/c1-3-4-5-6-2;1-2-3-4-5;1-3(5)4(2)6;2*1-2-3-4-5;1-3-4-2;1-2(4)3(5)6;1-3-4-2;1-2-3;3-1(4)2(5)6;2*1-2-3;3*1-2;;;;;;;;;;;/h3-5H2,1-2H3;2-4H2,1H3;1-2H3;5H,2-4H2,1H3;4H,2-3H2,1H3;1,3-4H2,2H3;1H3;3H2,1-2H3;2H2,1H3;;3H,2H2,1H3;2H,1H3;1-2H3;2*2H,1H3;1H3;;;2*1H;;;;;;/q;;;;;-1;;;;;;;;;;-1;;;;;3*+1;;2*-1/b;;4-3+;;;;;;;;;;;;;;;;;;;;;;;. The molecule has 0 aromatic rings. The summed E-state index contributed by atoms with van der Waals surface area (Å²) in [6, 6.07) is 0. The molecule has 0 fully saturated rings. The minimum atomic E-state index is -2.91. The first kappa shape index (κ1) is 158. The molecule has 0 aliphatic carbocycles. The Balaban J connectivity index is -0.0000000135. The molecule has 0 aliphatic heterocycles. The van der Waals surface area contributed by atoms with Crippen LogP contribution in [-0.2, 0) is 51.8 Å². The normalized spacial score (nSPS) is 6.79. The van der Waals surface area contributed by atoms with Crippen LogP contribution in [0.25, 0.3) is 0 Å². The summed E-state index contributed by atoms with van der Waals surface area (Å²) in [5.74, 6) is -2.89. The van der Waals surface area contributed by atoms with Crippen LogP contribution in [0, 0.1) is 14.4 Å². The molecule has 0 atom stereocenters. The second kappa shape index (κ2) is 224. The molecule has 0 aromatic heterocycles. The summed E-state index contributed by atoms with van der Waals surface area (Å²) in [5, 5.41) is 31.9. The van der Waals surface area contributed by atoms with Gasteiger partial charge >= 0.3 is 96.2 Å². The number of methoxy groups -OCH3 is 2. The van der Waals surface area contributed by atoms with Crippen LogP contribution in [0.1, 0.15) is 164 Å². The van der Waals surface area contributed by atoms with Crippen LogP contribution < -0.4 is 78.0 Å². The number of hydrogen-bond donors (Lipinski definition) is 4. The topological polar surface area (TPSA) is 134 Å². The fourth-order valence-electron chi connectivity index (χ4n) is 0.698. The second-order valence-electron chi connectivity index (χ2n) is 9.05. The van der Waals surface area contributed by atoms with E-state index in [2.05, 4.69) is 71.2 Å². The van der Waals surface area contributed by atoms with Gasteiger partial charge in [0, 0.05) is 121 Å². The Labute approximate surface area is 558 Å². The number of aliphatic hydroxyl groups is 4. The van der Waals surface area contributed by atoms with E-state index < -0.39 is 35.7 Å². The Bertz CT molecular complexity index is 652. The van der Waals surface area contributed by atoms with Crippen molar-refractivity contribution in [3.63, 3.8) is 0 Å². The first-order valence-electron chi connectivity index (χ1n) is 20.0. The van der Waals surface area contributed by atoms with Crippen LogP contribution in [0.15, 0.2) is 35.7 Å². The maximum atomic E-state index is 11.3. The van der Waals surface area contributed by atoms with E-state index in [4.69, 9.17) is 30.0 Å². The zero-order valence-electron chi connectivity index (χ0n) is 50.3. The van der Waals surface area contributed by atoms with Crippen LogP contribution in [0.2, 0.25) is 0 Å². The van der Waals surface area contributed by atoms with Gasteiger partial charge in [-0.2, -0.15) is 32.8 Å². The number of ether oxygens (including phenoxy) is 2. The van der Waals surface area contributed by atoms with Crippen molar-refractivity contribution in [2.75, 3.05) is 65.5 Å². The zero-order chi connectivity index (χ0) is 53.6. The number of alkyl halides is 2. The van der Waals surface area contributed by atoms with E-state index in [1.807, 2.05) is 34.6 Å². The molecule has 0 saturated heterocycles. The average Bonchev–Trinajstić information content (AvgIpc) is 3.25. The third kappa shape index (κ3) is 536. The number of hydrogen-bond acceptors (Lipinski definition) is 8.